The maximum absolute atomic E-state index is 13.0. The highest BCUT2D eigenvalue weighted by molar-refractivity contribution is 5.94. The van der Waals surface area contributed by atoms with Gasteiger partial charge in [-0.2, -0.15) is 0 Å². The largest absolute Gasteiger partial charge is 0.480 e. The van der Waals surface area contributed by atoms with Gasteiger partial charge in [0.05, 0.1) is 18.5 Å². The minimum absolute atomic E-state index is 0.0257. The van der Waals surface area contributed by atoms with Crippen LogP contribution >= 0.6 is 0 Å². The highest BCUT2D eigenvalue weighted by atomic mass is 16.4. The van der Waals surface area contributed by atoms with Crippen molar-refractivity contribution in [2.75, 3.05) is 0 Å². The van der Waals surface area contributed by atoms with E-state index in [0.717, 1.165) is 0 Å². The number of rotatable bonds is 14. The van der Waals surface area contributed by atoms with E-state index in [1.165, 1.54) is 19.4 Å². The number of carboxylic acid groups (broad SMARTS) is 1. The molecule has 1 aromatic heterocycles. The molecule has 12 nitrogen and oxygen atoms in total. The van der Waals surface area contributed by atoms with E-state index in [9.17, 15) is 29.4 Å². The topological polar surface area (TPSA) is 200 Å². The summed E-state index contributed by atoms with van der Waals surface area (Å²) in [6, 6.07) is -4.56. The predicted molar refractivity (Wildman–Crippen MR) is 124 cm³/mol. The van der Waals surface area contributed by atoms with Crippen molar-refractivity contribution in [2.24, 2.45) is 17.6 Å². The number of carboxylic acids is 1. The number of nitrogens with zero attached hydrogens (tertiary/aromatic N) is 1. The van der Waals surface area contributed by atoms with Gasteiger partial charge in [-0.15, -0.1) is 0 Å². The van der Waals surface area contributed by atoms with Crippen LogP contribution in [0.5, 0.6) is 0 Å². The quantitative estimate of drug-likeness (QED) is 0.180. The van der Waals surface area contributed by atoms with Gasteiger partial charge >= 0.3 is 5.97 Å². The fraction of sp³-hybridized carbons (Fsp3) is 0.682. The molecule has 0 spiro atoms. The lowest BCUT2D eigenvalue weighted by Crippen LogP contribution is -2.61. The van der Waals surface area contributed by atoms with Crippen molar-refractivity contribution >= 4 is 23.7 Å². The molecule has 0 radical (unpaired) electrons. The molecule has 1 rings (SSSR count). The van der Waals surface area contributed by atoms with Gasteiger partial charge in [0.2, 0.25) is 17.7 Å². The summed E-state index contributed by atoms with van der Waals surface area (Å²) in [4.78, 5) is 56.7. The number of aliphatic hydroxyl groups is 1. The van der Waals surface area contributed by atoms with E-state index in [1.807, 2.05) is 13.8 Å². The van der Waals surface area contributed by atoms with E-state index in [0.29, 0.717) is 18.5 Å². The lowest BCUT2D eigenvalue weighted by molar-refractivity contribution is -0.142. The standard InChI is InChI=1S/C22H38N6O6/c1-6-11(3)16(23)19(30)28-18(13(5)29)21(32)27-17(12(4)7-2)20(31)26-15(22(33)34)8-14-9-24-10-25-14/h9-13,15-18,29H,6-8,23H2,1-5H3,(H,24,25)(H,26,31)(H,27,32)(H,28,30)(H,33,34). The number of H-pyrrole nitrogens is 1. The number of imidazole rings is 1. The van der Waals surface area contributed by atoms with E-state index in [1.54, 1.807) is 13.8 Å². The fourth-order valence-electron chi connectivity index (χ4n) is 3.19. The van der Waals surface area contributed by atoms with Crippen molar-refractivity contribution in [1.82, 2.24) is 25.9 Å². The zero-order valence-electron chi connectivity index (χ0n) is 20.4. The SMILES string of the molecule is CCC(C)C(N)C(=O)NC(C(=O)NC(C(=O)NC(Cc1cnc[nH]1)C(=O)O)C(C)CC)C(C)O. The average molecular weight is 483 g/mol. The third kappa shape index (κ3) is 8.41. The maximum atomic E-state index is 13.0. The van der Waals surface area contributed by atoms with E-state index < -0.39 is 54.0 Å². The van der Waals surface area contributed by atoms with Crippen LogP contribution in [0.1, 0.15) is 53.2 Å². The molecule has 0 aliphatic rings. The van der Waals surface area contributed by atoms with Crippen LogP contribution in [-0.4, -0.2) is 74.1 Å². The van der Waals surface area contributed by atoms with E-state index in [2.05, 4.69) is 25.9 Å². The zero-order valence-corrected chi connectivity index (χ0v) is 20.4. The minimum Gasteiger partial charge on any atom is -0.480 e. The Morgan fingerprint density at radius 2 is 1.53 bits per heavy atom. The van der Waals surface area contributed by atoms with Gasteiger partial charge in [-0.05, 0) is 18.8 Å². The molecule has 34 heavy (non-hydrogen) atoms. The van der Waals surface area contributed by atoms with Gasteiger partial charge in [0.25, 0.3) is 0 Å². The number of carbonyl (C=O) groups excluding carboxylic acids is 3. The number of nitrogens with two attached hydrogens (primary N) is 1. The zero-order chi connectivity index (χ0) is 26.0. The van der Waals surface area contributed by atoms with Crippen molar-refractivity contribution in [3.8, 4) is 0 Å². The summed E-state index contributed by atoms with van der Waals surface area (Å²) in [6.07, 6.45) is 2.72. The van der Waals surface area contributed by atoms with Crippen molar-refractivity contribution in [3.05, 3.63) is 18.2 Å². The Bertz CT molecular complexity index is 815. The Balaban J connectivity index is 2.98. The molecular formula is C22H38N6O6. The number of aliphatic carboxylic acids is 1. The molecule has 7 unspecified atom stereocenters. The molecule has 0 saturated carbocycles. The predicted octanol–water partition coefficient (Wildman–Crippen LogP) is -0.708. The number of aromatic amines is 1. The third-order valence-corrected chi connectivity index (χ3v) is 6.01. The van der Waals surface area contributed by atoms with Crippen LogP contribution in [0, 0.1) is 11.8 Å². The van der Waals surface area contributed by atoms with Crippen LogP contribution in [0.3, 0.4) is 0 Å². The molecule has 1 heterocycles. The Hall–Kier alpha value is -2.99. The molecule has 3 amide bonds. The first-order chi connectivity index (χ1) is 15.9. The van der Waals surface area contributed by atoms with Crippen LogP contribution in [-0.2, 0) is 25.6 Å². The van der Waals surface area contributed by atoms with Crippen molar-refractivity contribution in [3.63, 3.8) is 0 Å². The van der Waals surface area contributed by atoms with Crippen LogP contribution in [0.2, 0.25) is 0 Å². The van der Waals surface area contributed by atoms with Gasteiger partial charge in [-0.3, -0.25) is 14.4 Å². The lowest BCUT2D eigenvalue weighted by Gasteiger charge is -2.29. The molecule has 8 N–H and O–H groups in total. The number of hydrogen-bond acceptors (Lipinski definition) is 7. The smallest absolute Gasteiger partial charge is 0.326 e. The van der Waals surface area contributed by atoms with Gasteiger partial charge < -0.3 is 36.9 Å². The van der Waals surface area contributed by atoms with Crippen molar-refractivity contribution in [1.29, 1.82) is 0 Å². The van der Waals surface area contributed by atoms with Gasteiger partial charge in [0.1, 0.15) is 18.1 Å². The van der Waals surface area contributed by atoms with E-state index >= 15 is 0 Å². The Morgan fingerprint density at radius 1 is 0.971 bits per heavy atom. The second-order valence-electron chi connectivity index (χ2n) is 8.69. The molecule has 0 aliphatic heterocycles. The maximum Gasteiger partial charge on any atom is 0.326 e. The van der Waals surface area contributed by atoms with E-state index in [4.69, 9.17) is 5.73 Å². The molecule has 7 atom stereocenters. The van der Waals surface area contributed by atoms with Gasteiger partial charge in [0.15, 0.2) is 0 Å². The summed E-state index contributed by atoms with van der Waals surface area (Å²) < 4.78 is 0. The number of aromatic nitrogens is 2. The Kier molecular flexibility index (Phi) is 11.7. The highest BCUT2D eigenvalue weighted by Gasteiger charge is 2.34. The summed E-state index contributed by atoms with van der Waals surface area (Å²) >= 11 is 0. The molecule has 192 valence electrons. The normalized spacial score (nSPS) is 17.4. The van der Waals surface area contributed by atoms with E-state index in [-0.39, 0.29) is 18.3 Å². The first-order valence-corrected chi connectivity index (χ1v) is 11.5. The molecule has 0 fully saturated rings. The minimum atomic E-state index is -1.35. The lowest BCUT2D eigenvalue weighted by atomic mass is 9.96. The number of amides is 3. The van der Waals surface area contributed by atoms with Crippen LogP contribution in [0.4, 0.5) is 0 Å². The number of carbonyl (C=O) groups is 4. The molecular weight excluding hydrogens is 444 g/mol. The number of aliphatic hydroxyl groups excluding tert-OH is 1. The Labute approximate surface area is 199 Å². The molecule has 1 aromatic rings. The van der Waals surface area contributed by atoms with Crippen LogP contribution in [0.25, 0.3) is 0 Å². The second-order valence-corrected chi connectivity index (χ2v) is 8.69. The van der Waals surface area contributed by atoms with Gasteiger partial charge in [-0.1, -0.05) is 40.5 Å². The van der Waals surface area contributed by atoms with Crippen molar-refractivity contribution < 1.29 is 29.4 Å². The number of hydrogen-bond donors (Lipinski definition) is 7. The Morgan fingerprint density at radius 3 is 2.00 bits per heavy atom. The van der Waals surface area contributed by atoms with Gasteiger partial charge in [0, 0.05) is 18.3 Å². The average Bonchev–Trinajstić information content (AvgIpc) is 3.31. The first-order valence-electron chi connectivity index (χ1n) is 11.5. The molecule has 0 aromatic carbocycles. The second kappa shape index (κ2) is 13.7. The van der Waals surface area contributed by atoms with Crippen LogP contribution in [0.15, 0.2) is 12.5 Å². The first kappa shape index (κ1) is 29.0. The summed E-state index contributed by atoms with van der Waals surface area (Å²) in [7, 11) is 0. The third-order valence-electron chi connectivity index (χ3n) is 6.01. The fourth-order valence-corrected chi connectivity index (χ4v) is 3.19. The highest BCUT2D eigenvalue weighted by Crippen LogP contribution is 2.11. The summed E-state index contributed by atoms with van der Waals surface area (Å²) in [5.74, 6) is -3.81. The number of nitrogens with one attached hydrogen (secondary N) is 4. The molecule has 0 aliphatic carbocycles. The van der Waals surface area contributed by atoms with Crippen molar-refractivity contribution in [2.45, 2.75) is 84.2 Å². The monoisotopic (exact) mass is 482 g/mol. The molecule has 12 heteroatoms. The summed E-state index contributed by atoms with van der Waals surface area (Å²) in [5.41, 5.74) is 6.45. The summed E-state index contributed by atoms with van der Waals surface area (Å²) in [5, 5.41) is 27.1. The molecule has 0 bridgehead atoms. The summed E-state index contributed by atoms with van der Waals surface area (Å²) in [6.45, 7) is 8.55. The van der Waals surface area contributed by atoms with Crippen LogP contribution < -0.4 is 21.7 Å². The molecule has 0 saturated heterocycles. The van der Waals surface area contributed by atoms with Gasteiger partial charge in [-0.25, -0.2) is 9.78 Å².